The van der Waals surface area contributed by atoms with Gasteiger partial charge in [0.25, 0.3) is 5.91 Å². The highest BCUT2D eigenvalue weighted by atomic mass is 16.5. The van der Waals surface area contributed by atoms with Crippen LogP contribution in [0.3, 0.4) is 0 Å². The molecular weight excluding hydrogens is 360 g/mol. The average Bonchev–Trinajstić information content (AvgIpc) is 3.13. The molecule has 1 aromatic carbocycles. The van der Waals surface area contributed by atoms with Crippen LogP contribution in [0.1, 0.15) is 27.7 Å². The predicted molar refractivity (Wildman–Crippen MR) is 102 cm³/mol. The summed E-state index contributed by atoms with van der Waals surface area (Å²) in [5.41, 5.74) is 3.45. The second-order valence-corrected chi connectivity index (χ2v) is 7.28. The van der Waals surface area contributed by atoms with E-state index in [4.69, 9.17) is 4.74 Å². The summed E-state index contributed by atoms with van der Waals surface area (Å²) in [5.74, 6) is -0.127. The Hall–Kier alpha value is -2.94. The Morgan fingerprint density at radius 1 is 1.11 bits per heavy atom. The lowest BCUT2D eigenvalue weighted by Gasteiger charge is -2.38. The minimum absolute atomic E-state index is 0.0317. The molecule has 2 saturated heterocycles. The summed E-state index contributed by atoms with van der Waals surface area (Å²) in [6, 6.07) is 5.75. The third-order valence-corrected chi connectivity index (χ3v) is 5.31. The maximum absolute atomic E-state index is 12.4. The Morgan fingerprint density at radius 2 is 1.86 bits per heavy atom. The van der Waals surface area contributed by atoms with E-state index in [0.29, 0.717) is 45.1 Å². The first-order chi connectivity index (χ1) is 13.5. The number of amides is 3. The molecule has 3 amide bonds. The molecule has 2 fully saturated rings. The Labute approximate surface area is 163 Å². The van der Waals surface area contributed by atoms with Crippen molar-refractivity contribution < 1.29 is 14.3 Å². The molecule has 2 aliphatic rings. The van der Waals surface area contributed by atoms with Crippen LogP contribution in [0.25, 0.3) is 0 Å². The molecule has 0 bridgehead atoms. The first-order valence-corrected chi connectivity index (χ1v) is 9.43. The Kier molecular flexibility index (Phi) is 4.99. The van der Waals surface area contributed by atoms with Gasteiger partial charge in [0, 0.05) is 31.9 Å². The van der Waals surface area contributed by atoms with Crippen LogP contribution in [0.2, 0.25) is 0 Å². The van der Waals surface area contributed by atoms with Crippen LogP contribution in [-0.4, -0.2) is 76.1 Å². The van der Waals surface area contributed by atoms with Gasteiger partial charge < -0.3 is 19.9 Å². The molecule has 2 aromatic rings. The van der Waals surface area contributed by atoms with Crippen LogP contribution < -0.4 is 5.32 Å². The molecule has 4 rings (SSSR count). The van der Waals surface area contributed by atoms with Crippen molar-refractivity contribution in [3.05, 3.63) is 41.2 Å². The zero-order chi connectivity index (χ0) is 19.7. The van der Waals surface area contributed by atoms with E-state index in [1.165, 1.54) is 5.56 Å². The SMILES string of the molecule is Cc1ccc(NC(=O)N2CC(n3cc(C(=O)N4CCOCC4)nn3)C2)cc1C. The molecule has 0 aliphatic carbocycles. The first-order valence-electron chi connectivity index (χ1n) is 9.43. The lowest BCUT2D eigenvalue weighted by Crippen LogP contribution is -2.52. The number of hydrogen-bond acceptors (Lipinski definition) is 5. The van der Waals surface area contributed by atoms with Crippen molar-refractivity contribution in [2.24, 2.45) is 0 Å². The number of aryl methyl sites for hydroxylation is 2. The van der Waals surface area contributed by atoms with Gasteiger partial charge in [-0.3, -0.25) is 4.79 Å². The van der Waals surface area contributed by atoms with Crippen LogP contribution in [0.4, 0.5) is 10.5 Å². The summed E-state index contributed by atoms with van der Waals surface area (Å²) in [7, 11) is 0. The van der Waals surface area contributed by atoms with E-state index >= 15 is 0 Å². The van der Waals surface area contributed by atoms with Crippen molar-refractivity contribution in [3.8, 4) is 0 Å². The highest BCUT2D eigenvalue weighted by Crippen LogP contribution is 2.22. The van der Waals surface area contributed by atoms with Crippen molar-refractivity contribution in [2.45, 2.75) is 19.9 Å². The van der Waals surface area contributed by atoms with E-state index in [-0.39, 0.29) is 18.0 Å². The molecule has 0 unspecified atom stereocenters. The number of benzene rings is 1. The van der Waals surface area contributed by atoms with Crippen molar-refractivity contribution in [1.82, 2.24) is 24.8 Å². The van der Waals surface area contributed by atoms with Crippen LogP contribution in [-0.2, 0) is 4.74 Å². The lowest BCUT2D eigenvalue weighted by molar-refractivity contribution is 0.0299. The van der Waals surface area contributed by atoms with Gasteiger partial charge in [0.2, 0.25) is 0 Å². The lowest BCUT2D eigenvalue weighted by atomic mass is 10.1. The Morgan fingerprint density at radius 3 is 2.57 bits per heavy atom. The number of anilines is 1. The number of ether oxygens (including phenoxy) is 1. The van der Waals surface area contributed by atoms with Crippen molar-refractivity contribution in [1.29, 1.82) is 0 Å². The van der Waals surface area contributed by atoms with Gasteiger partial charge in [-0.15, -0.1) is 5.10 Å². The summed E-state index contributed by atoms with van der Waals surface area (Å²) in [6.45, 7) is 7.36. The fraction of sp³-hybridized carbons (Fsp3) is 0.474. The molecule has 0 radical (unpaired) electrons. The van der Waals surface area contributed by atoms with Crippen LogP contribution in [0.15, 0.2) is 24.4 Å². The third-order valence-electron chi connectivity index (χ3n) is 5.31. The van der Waals surface area contributed by atoms with Gasteiger partial charge >= 0.3 is 6.03 Å². The number of morpholine rings is 1. The third kappa shape index (κ3) is 3.70. The van der Waals surface area contributed by atoms with Gasteiger partial charge in [-0.2, -0.15) is 0 Å². The van der Waals surface area contributed by atoms with Crippen LogP contribution in [0.5, 0.6) is 0 Å². The normalized spacial score (nSPS) is 17.4. The van der Waals surface area contributed by atoms with E-state index in [1.54, 1.807) is 20.7 Å². The van der Waals surface area contributed by atoms with Crippen LogP contribution in [0, 0.1) is 13.8 Å². The van der Waals surface area contributed by atoms with E-state index in [1.807, 2.05) is 32.0 Å². The topological polar surface area (TPSA) is 92.6 Å². The quantitative estimate of drug-likeness (QED) is 0.865. The summed E-state index contributed by atoms with van der Waals surface area (Å²) in [4.78, 5) is 28.3. The molecule has 0 atom stereocenters. The molecule has 0 spiro atoms. The summed E-state index contributed by atoms with van der Waals surface area (Å²) in [6.07, 6.45) is 1.67. The number of rotatable bonds is 3. The highest BCUT2D eigenvalue weighted by Gasteiger charge is 2.33. The molecule has 3 heterocycles. The molecule has 0 saturated carbocycles. The Balaban J connectivity index is 1.31. The van der Waals surface area contributed by atoms with E-state index < -0.39 is 0 Å². The van der Waals surface area contributed by atoms with Gasteiger partial charge in [-0.25, -0.2) is 9.48 Å². The van der Waals surface area contributed by atoms with Gasteiger partial charge in [0.1, 0.15) is 0 Å². The molecule has 148 valence electrons. The number of likely N-dealkylation sites (tertiary alicyclic amines) is 1. The predicted octanol–water partition coefficient (Wildman–Crippen LogP) is 1.46. The van der Waals surface area contributed by atoms with Gasteiger partial charge in [0.05, 0.1) is 25.5 Å². The average molecular weight is 384 g/mol. The van der Waals surface area contributed by atoms with E-state index in [9.17, 15) is 9.59 Å². The number of urea groups is 1. The fourth-order valence-corrected chi connectivity index (χ4v) is 3.29. The van der Waals surface area contributed by atoms with Gasteiger partial charge in [-0.1, -0.05) is 11.3 Å². The number of nitrogens with one attached hydrogen (secondary N) is 1. The molecule has 9 heteroatoms. The monoisotopic (exact) mass is 384 g/mol. The van der Waals surface area contributed by atoms with Gasteiger partial charge in [0.15, 0.2) is 5.69 Å². The standard InChI is InChI=1S/C19H24N6O3/c1-13-3-4-15(9-14(13)2)20-19(27)24-10-16(11-24)25-12-17(21-22-25)18(26)23-5-7-28-8-6-23/h3-4,9,12,16H,5-8,10-11H2,1-2H3,(H,20,27). The summed E-state index contributed by atoms with van der Waals surface area (Å²) < 4.78 is 6.94. The second-order valence-electron chi connectivity index (χ2n) is 7.28. The minimum Gasteiger partial charge on any atom is -0.378 e. The van der Waals surface area contributed by atoms with Crippen molar-refractivity contribution in [2.75, 3.05) is 44.7 Å². The summed E-state index contributed by atoms with van der Waals surface area (Å²) in [5, 5.41) is 11.0. The molecule has 28 heavy (non-hydrogen) atoms. The van der Waals surface area contributed by atoms with Crippen LogP contribution >= 0.6 is 0 Å². The second kappa shape index (κ2) is 7.59. The smallest absolute Gasteiger partial charge is 0.321 e. The number of carbonyl (C=O) groups is 2. The molecular formula is C19H24N6O3. The van der Waals surface area contributed by atoms with E-state index in [0.717, 1.165) is 11.3 Å². The van der Waals surface area contributed by atoms with E-state index in [2.05, 4.69) is 15.6 Å². The van der Waals surface area contributed by atoms with Gasteiger partial charge in [-0.05, 0) is 37.1 Å². The number of aromatic nitrogens is 3. The number of nitrogens with zero attached hydrogens (tertiary/aromatic N) is 5. The largest absolute Gasteiger partial charge is 0.378 e. The first kappa shape index (κ1) is 18.4. The van der Waals surface area contributed by atoms with Crippen molar-refractivity contribution >= 4 is 17.6 Å². The molecule has 9 nitrogen and oxygen atoms in total. The maximum Gasteiger partial charge on any atom is 0.321 e. The zero-order valence-electron chi connectivity index (χ0n) is 16.1. The number of hydrogen-bond donors (Lipinski definition) is 1. The summed E-state index contributed by atoms with van der Waals surface area (Å²) >= 11 is 0. The van der Waals surface area contributed by atoms with Crippen molar-refractivity contribution in [3.63, 3.8) is 0 Å². The highest BCUT2D eigenvalue weighted by molar-refractivity contribution is 5.92. The molecule has 1 N–H and O–H groups in total. The minimum atomic E-state index is -0.135. The maximum atomic E-state index is 12.4. The molecule has 2 aliphatic heterocycles. The fourth-order valence-electron chi connectivity index (χ4n) is 3.29. The zero-order valence-corrected chi connectivity index (χ0v) is 16.1. The molecule has 1 aromatic heterocycles. The number of carbonyl (C=O) groups excluding carboxylic acids is 2. The Bertz CT molecular complexity index is 884.